The summed E-state index contributed by atoms with van der Waals surface area (Å²) in [5.74, 6) is 1.24. The molecule has 2 aromatic heterocycles. The summed E-state index contributed by atoms with van der Waals surface area (Å²) in [5, 5.41) is 11.8. The maximum absolute atomic E-state index is 12.6. The van der Waals surface area contributed by atoms with Crippen LogP contribution in [-0.4, -0.2) is 42.8 Å². The highest BCUT2D eigenvalue weighted by molar-refractivity contribution is 9.10. The molecule has 10 nitrogen and oxygen atoms in total. The molecule has 3 aromatic rings. The molecule has 36 heavy (non-hydrogen) atoms. The Kier molecular flexibility index (Phi) is 7.94. The zero-order chi connectivity index (χ0) is 25.9. The molecule has 0 bridgehead atoms. The third kappa shape index (κ3) is 6.22. The number of nitrogens with zero attached hydrogens (tertiary/aromatic N) is 4. The van der Waals surface area contributed by atoms with Gasteiger partial charge in [0, 0.05) is 23.1 Å². The molecule has 1 N–H and O–H groups in total. The highest BCUT2D eigenvalue weighted by atomic mass is 79.9. The lowest BCUT2D eigenvalue weighted by atomic mass is 10.1. The predicted octanol–water partition coefficient (Wildman–Crippen LogP) is 4.17. The summed E-state index contributed by atoms with van der Waals surface area (Å²) in [6.07, 6.45) is 3.29. The van der Waals surface area contributed by atoms with E-state index in [2.05, 4.69) is 38.2 Å². The SMILES string of the molecule is CCCN(Cc1cc(Br)ccc1OCC1CC1)c1ccc(C(=O)NS(=O)(=O)c2c(C)noc2C)nn1. The molecule has 0 radical (unpaired) electrons. The lowest BCUT2D eigenvalue weighted by Crippen LogP contribution is -2.32. The van der Waals surface area contributed by atoms with Crippen LogP contribution in [0.5, 0.6) is 5.75 Å². The highest BCUT2D eigenvalue weighted by Gasteiger charge is 2.27. The largest absolute Gasteiger partial charge is 0.493 e. The molecule has 2 heterocycles. The summed E-state index contributed by atoms with van der Waals surface area (Å²) in [6.45, 7) is 6.96. The first-order chi connectivity index (χ1) is 17.2. The zero-order valence-corrected chi connectivity index (χ0v) is 22.7. The number of anilines is 1. The summed E-state index contributed by atoms with van der Waals surface area (Å²) in [4.78, 5) is 14.5. The average molecular weight is 578 g/mol. The van der Waals surface area contributed by atoms with Gasteiger partial charge in [0.15, 0.2) is 22.2 Å². The second-order valence-corrected chi connectivity index (χ2v) is 11.3. The van der Waals surface area contributed by atoms with E-state index in [4.69, 9.17) is 9.26 Å². The molecule has 0 saturated heterocycles. The number of carbonyl (C=O) groups is 1. The minimum absolute atomic E-state index is 0.0949. The molecule has 1 aliphatic rings. The Balaban J connectivity index is 1.50. The van der Waals surface area contributed by atoms with E-state index >= 15 is 0 Å². The molecular formula is C24H28BrN5O5S. The Bertz CT molecular complexity index is 1320. The van der Waals surface area contributed by atoms with E-state index in [1.807, 2.05) is 27.8 Å². The van der Waals surface area contributed by atoms with Crippen molar-refractivity contribution in [1.82, 2.24) is 20.1 Å². The van der Waals surface area contributed by atoms with Gasteiger partial charge in [0.05, 0.1) is 6.61 Å². The number of amides is 1. The van der Waals surface area contributed by atoms with Crippen LogP contribution in [-0.2, 0) is 16.6 Å². The van der Waals surface area contributed by atoms with Gasteiger partial charge < -0.3 is 14.2 Å². The molecule has 12 heteroatoms. The van der Waals surface area contributed by atoms with Gasteiger partial charge in [-0.25, -0.2) is 13.1 Å². The van der Waals surface area contributed by atoms with Gasteiger partial charge in [-0.3, -0.25) is 4.79 Å². The molecule has 4 rings (SSSR count). The quantitative estimate of drug-likeness (QED) is 0.357. The summed E-state index contributed by atoms with van der Waals surface area (Å²) < 4.78 is 39.2. The number of hydrogen-bond donors (Lipinski definition) is 1. The van der Waals surface area contributed by atoms with Crippen LogP contribution in [0.3, 0.4) is 0 Å². The topological polar surface area (TPSA) is 128 Å². The molecule has 1 saturated carbocycles. The van der Waals surface area contributed by atoms with Gasteiger partial charge in [-0.1, -0.05) is 28.0 Å². The third-order valence-electron chi connectivity index (χ3n) is 5.72. The summed E-state index contributed by atoms with van der Waals surface area (Å²) >= 11 is 3.54. The fraction of sp³-hybridized carbons (Fsp3) is 0.417. The van der Waals surface area contributed by atoms with Crippen molar-refractivity contribution < 1.29 is 22.5 Å². The van der Waals surface area contributed by atoms with Crippen molar-refractivity contribution in [3.05, 3.63) is 57.5 Å². The number of benzene rings is 1. The van der Waals surface area contributed by atoms with Crippen molar-refractivity contribution in [3.8, 4) is 5.75 Å². The Morgan fingerprint density at radius 3 is 2.61 bits per heavy atom. The van der Waals surface area contributed by atoms with Crippen molar-refractivity contribution in [1.29, 1.82) is 0 Å². The van der Waals surface area contributed by atoms with Gasteiger partial charge in [0.25, 0.3) is 15.9 Å². The number of halogens is 1. The maximum atomic E-state index is 12.6. The Labute approximate surface area is 218 Å². The summed E-state index contributed by atoms with van der Waals surface area (Å²) in [5.41, 5.74) is 1.05. The van der Waals surface area contributed by atoms with E-state index in [0.717, 1.165) is 22.2 Å². The van der Waals surface area contributed by atoms with Gasteiger partial charge in [0.1, 0.15) is 11.4 Å². The summed E-state index contributed by atoms with van der Waals surface area (Å²) in [6, 6.07) is 9.06. The predicted molar refractivity (Wildman–Crippen MR) is 136 cm³/mol. The second-order valence-electron chi connectivity index (χ2n) is 8.79. The molecular weight excluding hydrogens is 550 g/mol. The van der Waals surface area contributed by atoms with Crippen LogP contribution in [0.4, 0.5) is 5.82 Å². The van der Waals surface area contributed by atoms with Crippen LogP contribution in [0.2, 0.25) is 0 Å². The first-order valence-electron chi connectivity index (χ1n) is 11.7. The van der Waals surface area contributed by atoms with Gasteiger partial charge in [-0.2, -0.15) is 0 Å². The van der Waals surface area contributed by atoms with E-state index in [9.17, 15) is 13.2 Å². The molecule has 0 spiro atoms. The van der Waals surface area contributed by atoms with Gasteiger partial charge in [-0.15, -0.1) is 10.2 Å². The summed E-state index contributed by atoms with van der Waals surface area (Å²) in [7, 11) is -4.17. The molecule has 0 aliphatic heterocycles. The third-order valence-corrected chi connectivity index (χ3v) is 7.79. The highest BCUT2D eigenvalue weighted by Crippen LogP contribution is 2.32. The molecule has 0 atom stereocenters. The smallest absolute Gasteiger partial charge is 0.285 e. The van der Waals surface area contributed by atoms with Crippen molar-refractivity contribution in [3.63, 3.8) is 0 Å². The van der Waals surface area contributed by atoms with Crippen LogP contribution in [0.1, 0.15) is 53.7 Å². The van der Waals surface area contributed by atoms with Crippen molar-refractivity contribution in [2.75, 3.05) is 18.1 Å². The minimum atomic E-state index is -4.17. The van der Waals surface area contributed by atoms with Gasteiger partial charge >= 0.3 is 0 Å². The van der Waals surface area contributed by atoms with E-state index in [0.29, 0.717) is 31.4 Å². The number of aromatic nitrogens is 3. The lowest BCUT2D eigenvalue weighted by Gasteiger charge is -2.24. The van der Waals surface area contributed by atoms with Crippen LogP contribution < -0.4 is 14.4 Å². The fourth-order valence-corrected chi connectivity index (χ4v) is 5.45. The molecule has 1 fully saturated rings. The number of ether oxygens (including phenoxy) is 1. The Hall–Kier alpha value is -2.99. The monoisotopic (exact) mass is 577 g/mol. The van der Waals surface area contributed by atoms with Gasteiger partial charge in [0.2, 0.25) is 0 Å². The van der Waals surface area contributed by atoms with Crippen molar-refractivity contribution in [2.45, 2.75) is 51.5 Å². The standard InChI is InChI=1S/C24H28BrN5O5S/c1-4-11-30(13-18-12-19(25)7-9-21(18)34-14-17-5-6-17)22-10-8-20(26-27-22)24(31)29-36(32,33)23-15(2)28-35-16(23)3/h7-10,12,17H,4-6,11,13-14H2,1-3H3,(H,29,31). The number of hydrogen-bond acceptors (Lipinski definition) is 9. The number of aryl methyl sites for hydroxylation is 2. The number of sulfonamides is 1. The molecule has 1 amide bonds. The second kappa shape index (κ2) is 11.0. The van der Waals surface area contributed by atoms with Crippen molar-refractivity contribution >= 4 is 37.7 Å². The molecule has 1 aromatic carbocycles. The normalized spacial score (nSPS) is 13.4. The number of rotatable bonds is 11. The molecule has 0 unspecified atom stereocenters. The van der Waals surface area contributed by atoms with Gasteiger partial charge in [-0.05, 0) is 69.4 Å². The number of carbonyl (C=O) groups excluding carboxylic acids is 1. The lowest BCUT2D eigenvalue weighted by molar-refractivity contribution is 0.0975. The van der Waals surface area contributed by atoms with E-state index in [1.165, 1.54) is 32.8 Å². The van der Waals surface area contributed by atoms with E-state index in [-0.39, 0.29) is 22.0 Å². The van der Waals surface area contributed by atoms with Crippen LogP contribution in [0.15, 0.2) is 44.2 Å². The van der Waals surface area contributed by atoms with E-state index < -0.39 is 15.9 Å². The number of nitrogens with one attached hydrogen (secondary N) is 1. The molecule has 1 aliphatic carbocycles. The molecule has 192 valence electrons. The Morgan fingerprint density at radius 1 is 1.22 bits per heavy atom. The van der Waals surface area contributed by atoms with Crippen LogP contribution in [0, 0.1) is 19.8 Å². The van der Waals surface area contributed by atoms with E-state index in [1.54, 1.807) is 6.07 Å². The maximum Gasteiger partial charge on any atom is 0.285 e. The van der Waals surface area contributed by atoms with Crippen molar-refractivity contribution in [2.24, 2.45) is 5.92 Å². The Morgan fingerprint density at radius 2 is 2.00 bits per heavy atom. The fourth-order valence-electron chi connectivity index (χ4n) is 3.75. The first-order valence-corrected chi connectivity index (χ1v) is 14.0. The van der Waals surface area contributed by atoms with Crippen LogP contribution in [0.25, 0.3) is 0 Å². The average Bonchev–Trinajstić information content (AvgIpc) is 3.60. The first kappa shape index (κ1) is 26.1. The van der Waals surface area contributed by atoms with Crippen LogP contribution >= 0.6 is 15.9 Å². The zero-order valence-electron chi connectivity index (χ0n) is 20.3. The minimum Gasteiger partial charge on any atom is -0.493 e.